The first-order valence-corrected chi connectivity index (χ1v) is 10.2. The van der Waals surface area contributed by atoms with Crippen molar-refractivity contribution in [3.05, 3.63) is 65.7 Å². The summed E-state index contributed by atoms with van der Waals surface area (Å²) in [7, 11) is 1.83. The second-order valence-electron chi connectivity index (χ2n) is 7.43. The number of rotatable bonds is 4. The molecule has 3 aromatic heterocycles. The first-order chi connectivity index (χ1) is 14.6. The van der Waals surface area contributed by atoms with Gasteiger partial charge in [-0.3, -0.25) is 4.99 Å². The predicted octanol–water partition coefficient (Wildman–Crippen LogP) is 2.18. The molecule has 3 aromatic rings. The Labute approximate surface area is 177 Å². The third-order valence-electron chi connectivity index (χ3n) is 5.25. The van der Waals surface area contributed by atoms with Crippen LogP contribution in [-0.2, 0) is 6.54 Å². The van der Waals surface area contributed by atoms with Gasteiger partial charge in [-0.1, -0.05) is 12.1 Å². The highest BCUT2D eigenvalue weighted by molar-refractivity contribution is 5.80. The van der Waals surface area contributed by atoms with E-state index in [1.54, 1.807) is 0 Å². The molecule has 1 aliphatic rings. The van der Waals surface area contributed by atoms with E-state index in [9.17, 15) is 0 Å². The molecule has 0 unspecified atom stereocenters. The monoisotopic (exact) mass is 404 g/mol. The minimum atomic E-state index is 0.678. The smallest absolute Gasteiger partial charge is 0.194 e. The van der Waals surface area contributed by atoms with Crippen LogP contribution in [0.3, 0.4) is 0 Å². The number of nitrogens with zero attached hydrogens (tertiary/aromatic N) is 7. The highest BCUT2D eigenvalue weighted by atomic mass is 15.4. The van der Waals surface area contributed by atoms with Crippen molar-refractivity contribution < 1.29 is 0 Å². The van der Waals surface area contributed by atoms with Crippen molar-refractivity contribution >= 4 is 11.8 Å². The number of pyridine rings is 2. The van der Waals surface area contributed by atoms with Crippen molar-refractivity contribution in [2.75, 3.05) is 38.1 Å². The third kappa shape index (κ3) is 4.42. The number of aryl methyl sites for hydroxylation is 2. The van der Waals surface area contributed by atoms with Crippen LogP contribution in [-0.4, -0.2) is 63.8 Å². The summed E-state index contributed by atoms with van der Waals surface area (Å²) in [6, 6.07) is 12.2. The van der Waals surface area contributed by atoms with Gasteiger partial charge in [0.1, 0.15) is 5.82 Å². The number of anilines is 1. The fourth-order valence-corrected chi connectivity index (χ4v) is 3.71. The van der Waals surface area contributed by atoms with Gasteiger partial charge in [-0.05, 0) is 43.7 Å². The van der Waals surface area contributed by atoms with Crippen molar-refractivity contribution in [2.24, 2.45) is 4.99 Å². The third-order valence-corrected chi connectivity index (χ3v) is 5.25. The highest BCUT2D eigenvalue weighted by Crippen LogP contribution is 2.13. The summed E-state index contributed by atoms with van der Waals surface area (Å²) in [6.07, 6.45) is 3.74. The van der Waals surface area contributed by atoms with Gasteiger partial charge in [0.25, 0.3) is 0 Å². The number of aliphatic imine (C=N–C) groups is 1. The van der Waals surface area contributed by atoms with Crippen molar-refractivity contribution in [3.8, 4) is 5.82 Å². The summed E-state index contributed by atoms with van der Waals surface area (Å²) in [6.45, 7) is 8.37. The van der Waals surface area contributed by atoms with E-state index in [4.69, 9.17) is 0 Å². The maximum absolute atomic E-state index is 4.58. The van der Waals surface area contributed by atoms with Crippen LogP contribution in [0.15, 0.2) is 53.8 Å². The van der Waals surface area contributed by atoms with Crippen LogP contribution >= 0.6 is 0 Å². The SMILES string of the molecule is CN=C(NCc1ccc(-n2nc(C)cc2C)nc1)N1CCN(c2ccccn2)CC1. The summed E-state index contributed by atoms with van der Waals surface area (Å²) in [4.78, 5) is 18.1. The molecule has 156 valence electrons. The first-order valence-electron chi connectivity index (χ1n) is 10.2. The molecule has 0 bridgehead atoms. The van der Waals surface area contributed by atoms with Gasteiger partial charge in [0.15, 0.2) is 11.8 Å². The fraction of sp³-hybridized carbons (Fsp3) is 0.364. The van der Waals surface area contributed by atoms with Crippen molar-refractivity contribution in [2.45, 2.75) is 20.4 Å². The normalized spacial score (nSPS) is 14.8. The molecule has 0 spiro atoms. The average molecular weight is 405 g/mol. The summed E-state index contributed by atoms with van der Waals surface area (Å²) >= 11 is 0. The molecule has 0 saturated carbocycles. The quantitative estimate of drug-likeness (QED) is 0.531. The molecule has 1 aliphatic heterocycles. The highest BCUT2D eigenvalue weighted by Gasteiger charge is 2.20. The minimum Gasteiger partial charge on any atom is -0.353 e. The molecule has 0 aromatic carbocycles. The molecule has 8 heteroatoms. The molecule has 4 rings (SSSR count). The Morgan fingerprint density at radius 3 is 2.47 bits per heavy atom. The van der Waals surface area contributed by atoms with Gasteiger partial charge >= 0.3 is 0 Å². The van der Waals surface area contributed by atoms with Crippen LogP contribution in [0.5, 0.6) is 0 Å². The van der Waals surface area contributed by atoms with Gasteiger partial charge in [-0.2, -0.15) is 5.10 Å². The van der Waals surface area contributed by atoms with E-state index in [1.165, 1.54) is 0 Å². The maximum atomic E-state index is 4.58. The van der Waals surface area contributed by atoms with E-state index < -0.39 is 0 Å². The summed E-state index contributed by atoms with van der Waals surface area (Å²) in [5.74, 6) is 2.78. The number of hydrogen-bond donors (Lipinski definition) is 1. The van der Waals surface area contributed by atoms with Crippen molar-refractivity contribution in [3.63, 3.8) is 0 Å². The standard InChI is InChI=1S/C22H28N8/c1-17-14-18(2)30(27-17)21-8-7-19(15-25-21)16-26-22(23-3)29-12-10-28(11-13-29)20-6-4-5-9-24-20/h4-9,14-15H,10-13,16H2,1-3H3,(H,23,26). The van der Waals surface area contributed by atoms with E-state index >= 15 is 0 Å². The van der Waals surface area contributed by atoms with E-state index in [1.807, 2.05) is 56.2 Å². The van der Waals surface area contributed by atoms with E-state index in [-0.39, 0.29) is 0 Å². The lowest BCUT2D eigenvalue weighted by atomic mass is 10.2. The van der Waals surface area contributed by atoms with Crippen LogP contribution < -0.4 is 10.2 Å². The van der Waals surface area contributed by atoms with Gasteiger partial charge in [-0.15, -0.1) is 0 Å². The lowest BCUT2D eigenvalue weighted by molar-refractivity contribution is 0.371. The lowest BCUT2D eigenvalue weighted by Crippen LogP contribution is -2.52. The maximum Gasteiger partial charge on any atom is 0.194 e. The molecule has 0 radical (unpaired) electrons. The van der Waals surface area contributed by atoms with Crippen LogP contribution in [0.4, 0.5) is 5.82 Å². The molecular weight excluding hydrogens is 376 g/mol. The Morgan fingerprint density at radius 2 is 1.87 bits per heavy atom. The molecule has 30 heavy (non-hydrogen) atoms. The summed E-state index contributed by atoms with van der Waals surface area (Å²) < 4.78 is 1.87. The second kappa shape index (κ2) is 8.94. The zero-order valence-electron chi connectivity index (χ0n) is 17.8. The Kier molecular flexibility index (Phi) is 5.92. The van der Waals surface area contributed by atoms with E-state index in [0.717, 1.165) is 60.7 Å². The van der Waals surface area contributed by atoms with Gasteiger partial charge in [0.2, 0.25) is 0 Å². The molecule has 0 aliphatic carbocycles. The summed E-state index contributed by atoms with van der Waals surface area (Å²) in [5, 5.41) is 7.96. The average Bonchev–Trinajstić information content (AvgIpc) is 3.13. The Balaban J connectivity index is 1.32. The van der Waals surface area contributed by atoms with Gasteiger partial charge in [0.05, 0.1) is 5.69 Å². The molecule has 0 amide bonds. The van der Waals surface area contributed by atoms with Crippen LogP contribution in [0.2, 0.25) is 0 Å². The molecule has 1 fully saturated rings. The molecule has 1 saturated heterocycles. The van der Waals surface area contributed by atoms with Gasteiger partial charge in [-0.25, -0.2) is 14.6 Å². The zero-order chi connectivity index (χ0) is 20.9. The number of hydrogen-bond acceptors (Lipinski definition) is 5. The van der Waals surface area contributed by atoms with Crippen molar-refractivity contribution in [1.82, 2.24) is 30.0 Å². The predicted molar refractivity (Wildman–Crippen MR) is 119 cm³/mol. The lowest BCUT2D eigenvalue weighted by Gasteiger charge is -2.37. The van der Waals surface area contributed by atoms with Crippen LogP contribution in [0, 0.1) is 13.8 Å². The summed E-state index contributed by atoms with van der Waals surface area (Å²) in [5.41, 5.74) is 3.18. The Hall–Kier alpha value is -3.42. The topological polar surface area (TPSA) is 74.5 Å². The number of piperazine rings is 1. The van der Waals surface area contributed by atoms with Crippen LogP contribution in [0.25, 0.3) is 5.82 Å². The first kappa shape index (κ1) is 19.9. The molecular formula is C22H28N8. The van der Waals surface area contributed by atoms with Crippen molar-refractivity contribution in [1.29, 1.82) is 0 Å². The number of aromatic nitrogens is 4. The minimum absolute atomic E-state index is 0.678. The molecule has 4 heterocycles. The molecule has 0 atom stereocenters. The van der Waals surface area contributed by atoms with Gasteiger partial charge < -0.3 is 15.1 Å². The van der Waals surface area contributed by atoms with Gasteiger partial charge in [0, 0.05) is 57.9 Å². The molecule has 1 N–H and O–H groups in total. The fourth-order valence-electron chi connectivity index (χ4n) is 3.71. The van der Waals surface area contributed by atoms with E-state index in [0.29, 0.717) is 6.54 Å². The number of guanidine groups is 1. The molecule has 8 nitrogen and oxygen atoms in total. The largest absolute Gasteiger partial charge is 0.353 e. The Bertz CT molecular complexity index is 986. The number of nitrogens with one attached hydrogen (secondary N) is 1. The Morgan fingerprint density at radius 1 is 1.03 bits per heavy atom. The zero-order valence-corrected chi connectivity index (χ0v) is 17.8. The van der Waals surface area contributed by atoms with Crippen LogP contribution in [0.1, 0.15) is 17.0 Å². The second-order valence-corrected chi connectivity index (χ2v) is 7.43. The van der Waals surface area contributed by atoms with E-state index in [2.05, 4.69) is 53.4 Å².